The molecule has 1 aromatic rings. The Labute approximate surface area is 111 Å². The van der Waals surface area contributed by atoms with Crippen LogP contribution >= 0.6 is 11.6 Å². The predicted molar refractivity (Wildman–Crippen MR) is 70.2 cm³/mol. The smallest absolute Gasteiger partial charge is 0.323 e. The van der Waals surface area contributed by atoms with E-state index in [9.17, 15) is 4.79 Å². The molecule has 1 aliphatic rings. The van der Waals surface area contributed by atoms with Gasteiger partial charge in [-0.05, 0) is 24.6 Å². The number of carboxylic acids is 1. The van der Waals surface area contributed by atoms with Crippen LogP contribution in [0.1, 0.15) is 6.42 Å². The maximum absolute atomic E-state index is 10.9. The minimum atomic E-state index is -0.839. The van der Waals surface area contributed by atoms with Crippen LogP contribution in [0.4, 0.5) is 5.69 Å². The molecular formula is C13H16ClNO3. The predicted octanol–water partition coefficient (Wildman–Crippen LogP) is 2.27. The van der Waals surface area contributed by atoms with E-state index in [4.69, 9.17) is 21.4 Å². The third-order valence-corrected chi connectivity index (χ3v) is 3.24. The first kappa shape index (κ1) is 13.2. The summed E-state index contributed by atoms with van der Waals surface area (Å²) < 4.78 is 5.32. The van der Waals surface area contributed by atoms with E-state index in [0.717, 1.165) is 18.7 Å². The molecule has 1 atom stereocenters. The van der Waals surface area contributed by atoms with Crippen molar-refractivity contribution in [2.45, 2.75) is 6.42 Å². The fourth-order valence-corrected chi connectivity index (χ4v) is 2.32. The Morgan fingerprint density at radius 2 is 2.39 bits per heavy atom. The van der Waals surface area contributed by atoms with Gasteiger partial charge in [-0.1, -0.05) is 17.7 Å². The number of nitrogens with zero attached hydrogens (tertiary/aromatic N) is 1. The van der Waals surface area contributed by atoms with Crippen LogP contribution < -0.4 is 4.90 Å². The van der Waals surface area contributed by atoms with Crippen LogP contribution in [0.15, 0.2) is 24.3 Å². The molecule has 1 aromatic carbocycles. The van der Waals surface area contributed by atoms with E-state index in [0.29, 0.717) is 24.1 Å². The van der Waals surface area contributed by atoms with Crippen molar-refractivity contribution >= 4 is 23.3 Å². The van der Waals surface area contributed by atoms with E-state index in [-0.39, 0.29) is 6.54 Å². The van der Waals surface area contributed by atoms with Crippen LogP contribution in [0.5, 0.6) is 0 Å². The van der Waals surface area contributed by atoms with Gasteiger partial charge in [0.25, 0.3) is 0 Å². The van der Waals surface area contributed by atoms with Crippen molar-refractivity contribution in [3.8, 4) is 0 Å². The highest BCUT2D eigenvalue weighted by molar-refractivity contribution is 6.30. The summed E-state index contributed by atoms with van der Waals surface area (Å²) in [6.45, 7) is 2.14. The number of benzene rings is 1. The average Bonchev–Trinajstić information content (AvgIpc) is 2.80. The molecule has 2 rings (SSSR count). The number of anilines is 1. The number of carbonyl (C=O) groups is 1. The molecule has 0 amide bonds. The minimum Gasteiger partial charge on any atom is -0.480 e. The van der Waals surface area contributed by atoms with Crippen LogP contribution in [-0.2, 0) is 9.53 Å². The van der Waals surface area contributed by atoms with Crippen molar-refractivity contribution < 1.29 is 14.6 Å². The van der Waals surface area contributed by atoms with Gasteiger partial charge in [0.05, 0.1) is 6.61 Å². The second-order valence-corrected chi connectivity index (χ2v) is 4.92. The standard InChI is InChI=1S/C13H16ClNO3/c14-11-2-1-3-12(6-11)15(8-13(16)17)7-10-4-5-18-9-10/h1-3,6,10H,4-5,7-9H2,(H,16,17). The van der Waals surface area contributed by atoms with E-state index in [1.165, 1.54) is 0 Å². The van der Waals surface area contributed by atoms with Gasteiger partial charge in [0.1, 0.15) is 6.54 Å². The summed E-state index contributed by atoms with van der Waals surface area (Å²) in [6.07, 6.45) is 0.983. The van der Waals surface area contributed by atoms with Gasteiger partial charge in [-0.2, -0.15) is 0 Å². The van der Waals surface area contributed by atoms with Crippen molar-refractivity contribution in [1.82, 2.24) is 0 Å². The zero-order valence-corrected chi connectivity index (χ0v) is 10.8. The summed E-state index contributed by atoms with van der Waals surface area (Å²) >= 11 is 5.94. The highest BCUT2D eigenvalue weighted by atomic mass is 35.5. The fourth-order valence-electron chi connectivity index (χ4n) is 2.14. The number of halogens is 1. The molecule has 1 fully saturated rings. The number of rotatable bonds is 5. The number of hydrogen-bond acceptors (Lipinski definition) is 3. The molecule has 98 valence electrons. The molecule has 1 unspecified atom stereocenters. The summed E-state index contributed by atoms with van der Waals surface area (Å²) in [4.78, 5) is 12.8. The van der Waals surface area contributed by atoms with Gasteiger partial charge in [-0.15, -0.1) is 0 Å². The van der Waals surface area contributed by atoms with Crippen LogP contribution in [0, 0.1) is 5.92 Å². The van der Waals surface area contributed by atoms with E-state index in [1.807, 2.05) is 17.0 Å². The minimum absolute atomic E-state index is 0.0170. The van der Waals surface area contributed by atoms with Gasteiger partial charge in [0.2, 0.25) is 0 Å². The largest absolute Gasteiger partial charge is 0.480 e. The second kappa shape index (κ2) is 6.07. The van der Waals surface area contributed by atoms with Crippen molar-refractivity contribution in [3.05, 3.63) is 29.3 Å². The van der Waals surface area contributed by atoms with E-state index < -0.39 is 5.97 Å². The average molecular weight is 270 g/mol. The lowest BCUT2D eigenvalue weighted by Gasteiger charge is -2.25. The van der Waals surface area contributed by atoms with Crippen LogP contribution in [-0.4, -0.2) is 37.4 Å². The topological polar surface area (TPSA) is 49.8 Å². The van der Waals surface area contributed by atoms with Crippen molar-refractivity contribution in [1.29, 1.82) is 0 Å². The molecule has 0 aliphatic carbocycles. The third kappa shape index (κ3) is 3.62. The van der Waals surface area contributed by atoms with E-state index >= 15 is 0 Å². The summed E-state index contributed by atoms with van der Waals surface area (Å²) in [5.41, 5.74) is 0.844. The second-order valence-electron chi connectivity index (χ2n) is 4.48. The van der Waals surface area contributed by atoms with Gasteiger partial charge in [-0.3, -0.25) is 4.79 Å². The summed E-state index contributed by atoms with van der Waals surface area (Å²) in [7, 11) is 0. The molecule has 18 heavy (non-hydrogen) atoms. The normalized spacial score (nSPS) is 18.8. The van der Waals surface area contributed by atoms with E-state index in [2.05, 4.69) is 0 Å². The first-order valence-electron chi connectivity index (χ1n) is 5.95. The fraction of sp³-hybridized carbons (Fsp3) is 0.462. The van der Waals surface area contributed by atoms with Gasteiger partial charge >= 0.3 is 5.97 Å². The summed E-state index contributed by atoms with van der Waals surface area (Å²) in [5.74, 6) is -0.447. The quantitative estimate of drug-likeness (QED) is 0.891. The van der Waals surface area contributed by atoms with Crippen LogP contribution in [0.2, 0.25) is 5.02 Å². The van der Waals surface area contributed by atoms with Crippen LogP contribution in [0.25, 0.3) is 0 Å². The Bertz CT molecular complexity index is 418. The van der Waals surface area contributed by atoms with Crippen molar-refractivity contribution in [3.63, 3.8) is 0 Å². The first-order chi connectivity index (χ1) is 8.65. The molecule has 4 nitrogen and oxygen atoms in total. The number of hydrogen-bond donors (Lipinski definition) is 1. The maximum Gasteiger partial charge on any atom is 0.323 e. The summed E-state index contributed by atoms with van der Waals surface area (Å²) in [5, 5.41) is 9.60. The molecule has 1 N–H and O–H groups in total. The SMILES string of the molecule is O=C(O)CN(CC1CCOC1)c1cccc(Cl)c1. The molecule has 5 heteroatoms. The van der Waals surface area contributed by atoms with Gasteiger partial charge in [0, 0.05) is 29.8 Å². The Balaban J connectivity index is 2.10. The Kier molecular flexibility index (Phi) is 4.44. The summed E-state index contributed by atoms with van der Waals surface area (Å²) in [6, 6.07) is 7.28. The lowest BCUT2D eigenvalue weighted by Crippen LogP contribution is -2.34. The molecular weight excluding hydrogens is 254 g/mol. The molecule has 1 heterocycles. The molecule has 0 spiro atoms. The Morgan fingerprint density at radius 1 is 1.56 bits per heavy atom. The van der Waals surface area contributed by atoms with Crippen molar-refractivity contribution in [2.75, 3.05) is 31.2 Å². The van der Waals surface area contributed by atoms with Crippen molar-refractivity contribution in [2.24, 2.45) is 5.92 Å². The van der Waals surface area contributed by atoms with Gasteiger partial charge in [0.15, 0.2) is 0 Å². The van der Waals surface area contributed by atoms with Gasteiger partial charge in [-0.25, -0.2) is 0 Å². The maximum atomic E-state index is 10.9. The number of carboxylic acid groups (broad SMARTS) is 1. The lowest BCUT2D eigenvalue weighted by atomic mass is 10.1. The van der Waals surface area contributed by atoms with E-state index in [1.54, 1.807) is 12.1 Å². The number of aliphatic carboxylic acids is 1. The molecule has 0 bridgehead atoms. The zero-order chi connectivity index (χ0) is 13.0. The monoisotopic (exact) mass is 269 g/mol. The van der Waals surface area contributed by atoms with Gasteiger partial charge < -0.3 is 14.7 Å². The highest BCUT2D eigenvalue weighted by Gasteiger charge is 2.21. The molecule has 1 saturated heterocycles. The zero-order valence-electron chi connectivity index (χ0n) is 10.0. The Morgan fingerprint density at radius 3 is 3.00 bits per heavy atom. The Hall–Kier alpha value is -1.26. The molecule has 0 saturated carbocycles. The molecule has 0 radical (unpaired) electrons. The number of ether oxygens (including phenoxy) is 1. The molecule has 0 aromatic heterocycles. The third-order valence-electron chi connectivity index (χ3n) is 3.00. The van der Waals surface area contributed by atoms with Crippen LogP contribution in [0.3, 0.4) is 0 Å². The first-order valence-corrected chi connectivity index (χ1v) is 6.33. The highest BCUT2D eigenvalue weighted by Crippen LogP contribution is 2.22. The lowest BCUT2D eigenvalue weighted by molar-refractivity contribution is -0.135. The molecule has 1 aliphatic heterocycles.